The molecule has 3 aromatic rings. The van der Waals surface area contributed by atoms with Crippen molar-refractivity contribution in [2.24, 2.45) is 5.10 Å². The summed E-state index contributed by atoms with van der Waals surface area (Å²) in [5, 5.41) is 9.65. The lowest BCUT2D eigenvalue weighted by molar-refractivity contribution is -0.139. The average Bonchev–Trinajstić information content (AvgIpc) is 3.37. The van der Waals surface area contributed by atoms with Crippen molar-refractivity contribution >= 4 is 75.4 Å². The highest BCUT2D eigenvalue weighted by atomic mass is 127. The van der Waals surface area contributed by atoms with E-state index in [9.17, 15) is 14.4 Å². The number of hydrogen-bond donors (Lipinski definition) is 3. The van der Waals surface area contributed by atoms with E-state index in [-0.39, 0.29) is 13.2 Å². The van der Waals surface area contributed by atoms with Crippen LogP contribution in [0, 0.1) is 3.57 Å². The predicted molar refractivity (Wildman–Crippen MR) is 147 cm³/mol. The Bertz CT molecular complexity index is 1300. The zero-order valence-electron chi connectivity index (χ0n) is 19.3. The molecule has 0 unspecified atom stereocenters. The second-order valence-electron chi connectivity index (χ2n) is 7.19. The van der Waals surface area contributed by atoms with Gasteiger partial charge in [-0.05, 0) is 77.5 Å². The number of amides is 3. The summed E-state index contributed by atoms with van der Waals surface area (Å²) in [7, 11) is 0. The van der Waals surface area contributed by atoms with Crippen molar-refractivity contribution in [3.63, 3.8) is 0 Å². The number of hydrazone groups is 1. The zero-order chi connectivity index (χ0) is 26.8. The highest BCUT2D eigenvalue weighted by molar-refractivity contribution is 14.1. The molecule has 0 fully saturated rings. The Balaban J connectivity index is 1.59. The summed E-state index contributed by atoms with van der Waals surface area (Å²) in [4.78, 5) is 36.2. The Morgan fingerprint density at radius 1 is 1.11 bits per heavy atom. The van der Waals surface area contributed by atoms with E-state index in [1.54, 1.807) is 43.3 Å². The molecule has 0 spiro atoms. The van der Waals surface area contributed by atoms with E-state index >= 15 is 0 Å². The Labute approximate surface area is 235 Å². The molecule has 1 heterocycles. The topological polar surface area (TPSA) is 131 Å². The van der Waals surface area contributed by atoms with Gasteiger partial charge < -0.3 is 24.5 Å². The third-order valence-corrected chi connectivity index (χ3v) is 5.82. The number of hydrogen-bond acceptors (Lipinski definition) is 7. The lowest BCUT2D eigenvalue weighted by Gasteiger charge is -2.15. The number of carbonyl (C=O) groups is 3. The van der Waals surface area contributed by atoms with Crippen LogP contribution in [0.5, 0.6) is 11.5 Å². The maximum atomic E-state index is 12.4. The fraction of sp³-hybridized carbons (Fsp3) is 0.167. The van der Waals surface area contributed by atoms with Gasteiger partial charge in [-0.25, -0.2) is 5.43 Å². The van der Waals surface area contributed by atoms with E-state index < -0.39 is 17.7 Å². The monoisotopic (exact) mass is 658 g/mol. The maximum Gasteiger partial charge on any atom is 0.329 e. The zero-order valence-corrected chi connectivity index (χ0v) is 23.0. The average molecular weight is 659 g/mol. The van der Waals surface area contributed by atoms with E-state index in [2.05, 4.69) is 21.2 Å². The molecule has 37 heavy (non-hydrogen) atoms. The Morgan fingerprint density at radius 3 is 2.62 bits per heavy atom. The molecule has 2 aromatic carbocycles. The summed E-state index contributed by atoms with van der Waals surface area (Å²) in [6.45, 7) is 1.91. The van der Waals surface area contributed by atoms with Gasteiger partial charge in [0.05, 0.1) is 39.9 Å². The number of halogens is 3. The van der Waals surface area contributed by atoms with Gasteiger partial charge in [0.2, 0.25) is 0 Å². The lowest BCUT2D eigenvalue weighted by atomic mass is 10.2. The number of nitrogens with zero attached hydrogens (tertiary/aromatic N) is 1. The third-order valence-electron chi connectivity index (χ3n) is 4.47. The molecule has 0 aliphatic carbocycles. The van der Waals surface area contributed by atoms with Crippen molar-refractivity contribution in [1.82, 2.24) is 10.7 Å². The Kier molecular flexibility index (Phi) is 10.6. The Morgan fingerprint density at radius 2 is 1.92 bits per heavy atom. The van der Waals surface area contributed by atoms with Crippen LogP contribution < -0.4 is 25.5 Å². The second-order valence-corrected chi connectivity index (χ2v) is 9.19. The molecule has 0 aliphatic heterocycles. The molecule has 0 bridgehead atoms. The quantitative estimate of drug-likeness (QED) is 0.128. The number of rotatable bonds is 10. The van der Waals surface area contributed by atoms with Gasteiger partial charge in [0.1, 0.15) is 5.76 Å². The highest BCUT2D eigenvalue weighted by Gasteiger charge is 2.16. The lowest BCUT2D eigenvalue weighted by Crippen LogP contribution is -2.37. The number of benzene rings is 2. The van der Waals surface area contributed by atoms with Crippen molar-refractivity contribution in [2.45, 2.75) is 13.5 Å². The van der Waals surface area contributed by atoms with E-state index in [1.807, 2.05) is 22.6 Å². The van der Waals surface area contributed by atoms with Crippen LogP contribution in [0.1, 0.15) is 18.2 Å². The minimum atomic E-state index is -0.936. The van der Waals surface area contributed by atoms with Crippen LogP contribution in [0.4, 0.5) is 5.69 Å². The van der Waals surface area contributed by atoms with Crippen LogP contribution in [0.25, 0.3) is 0 Å². The highest BCUT2D eigenvalue weighted by Crippen LogP contribution is 2.34. The smallest absolute Gasteiger partial charge is 0.329 e. The molecule has 0 aliphatic rings. The summed E-state index contributed by atoms with van der Waals surface area (Å²) in [5.74, 6) is -0.985. The summed E-state index contributed by atoms with van der Waals surface area (Å²) < 4.78 is 17.1. The molecule has 0 atom stereocenters. The molecule has 3 amide bonds. The van der Waals surface area contributed by atoms with Gasteiger partial charge in [0, 0.05) is 5.02 Å². The van der Waals surface area contributed by atoms with Gasteiger partial charge in [-0.3, -0.25) is 14.4 Å². The standard InChI is InChI=1S/C24H21Cl2IN4O6/c1-2-35-20-9-14(11-29-31-24(34)23(33)28-12-16-4-3-7-36-16)8-18(27)22(20)37-13-21(32)30-19-6-5-15(25)10-17(19)26/h3-11H,2,12-13H2,1H3,(H,28,33)(H,30,32)(H,31,34)/b29-11-. The van der Waals surface area contributed by atoms with Gasteiger partial charge in [0.15, 0.2) is 18.1 Å². The van der Waals surface area contributed by atoms with Gasteiger partial charge in [-0.15, -0.1) is 0 Å². The number of ether oxygens (including phenoxy) is 2. The summed E-state index contributed by atoms with van der Waals surface area (Å²) in [6, 6.07) is 11.4. The van der Waals surface area contributed by atoms with Crippen molar-refractivity contribution in [1.29, 1.82) is 0 Å². The van der Waals surface area contributed by atoms with Gasteiger partial charge >= 0.3 is 11.8 Å². The second kappa shape index (κ2) is 13.9. The molecule has 0 radical (unpaired) electrons. The van der Waals surface area contributed by atoms with Crippen LogP contribution in [0.15, 0.2) is 58.2 Å². The first-order valence-electron chi connectivity index (χ1n) is 10.7. The summed E-state index contributed by atoms with van der Waals surface area (Å²) in [5.41, 5.74) is 3.13. The van der Waals surface area contributed by atoms with Gasteiger partial charge in [0.25, 0.3) is 5.91 Å². The number of nitrogens with one attached hydrogen (secondary N) is 3. The van der Waals surface area contributed by atoms with Crippen LogP contribution in [0.3, 0.4) is 0 Å². The predicted octanol–water partition coefficient (Wildman–Crippen LogP) is 4.37. The molecule has 3 rings (SSSR count). The van der Waals surface area contributed by atoms with Crippen LogP contribution in [-0.2, 0) is 20.9 Å². The number of anilines is 1. The maximum absolute atomic E-state index is 12.4. The first kappa shape index (κ1) is 28.3. The summed E-state index contributed by atoms with van der Waals surface area (Å²) in [6.07, 6.45) is 2.81. The molecule has 194 valence electrons. The normalized spacial score (nSPS) is 10.7. The molecule has 13 heteroatoms. The minimum absolute atomic E-state index is 0.0745. The van der Waals surface area contributed by atoms with Crippen molar-refractivity contribution in [3.8, 4) is 11.5 Å². The van der Waals surface area contributed by atoms with Crippen molar-refractivity contribution in [2.75, 3.05) is 18.5 Å². The SMILES string of the molecule is CCOc1cc(/C=N\NC(=O)C(=O)NCc2ccco2)cc(I)c1OCC(=O)Nc1ccc(Cl)cc1Cl. The van der Waals surface area contributed by atoms with Crippen molar-refractivity contribution in [3.05, 3.63) is 73.7 Å². The van der Waals surface area contributed by atoms with Crippen LogP contribution in [-0.4, -0.2) is 37.1 Å². The molecule has 1 aromatic heterocycles. The first-order valence-corrected chi connectivity index (χ1v) is 12.6. The Hall–Kier alpha value is -3.29. The third kappa shape index (κ3) is 8.65. The van der Waals surface area contributed by atoms with Crippen molar-refractivity contribution < 1.29 is 28.3 Å². The molecular weight excluding hydrogens is 638 g/mol. The largest absolute Gasteiger partial charge is 0.490 e. The van der Waals surface area contributed by atoms with Gasteiger partial charge in [-0.1, -0.05) is 23.2 Å². The van der Waals surface area contributed by atoms with E-state index in [0.717, 1.165) is 0 Å². The van der Waals surface area contributed by atoms with E-state index in [0.29, 0.717) is 48.7 Å². The summed E-state index contributed by atoms with van der Waals surface area (Å²) >= 11 is 14.0. The van der Waals surface area contributed by atoms with E-state index in [1.165, 1.54) is 18.5 Å². The number of furan rings is 1. The fourth-order valence-electron chi connectivity index (χ4n) is 2.86. The minimum Gasteiger partial charge on any atom is -0.490 e. The molecular formula is C24H21Cl2IN4O6. The van der Waals surface area contributed by atoms with Crippen LogP contribution >= 0.6 is 45.8 Å². The van der Waals surface area contributed by atoms with Crippen LogP contribution in [0.2, 0.25) is 10.0 Å². The molecule has 10 nitrogen and oxygen atoms in total. The first-order chi connectivity index (χ1) is 17.8. The van der Waals surface area contributed by atoms with E-state index in [4.69, 9.17) is 37.1 Å². The molecule has 0 saturated heterocycles. The number of carbonyl (C=O) groups excluding carboxylic acids is 3. The molecule has 3 N–H and O–H groups in total. The van der Waals surface area contributed by atoms with Gasteiger partial charge in [-0.2, -0.15) is 5.10 Å². The fourth-order valence-corrected chi connectivity index (χ4v) is 4.09. The molecule has 0 saturated carbocycles.